The van der Waals surface area contributed by atoms with E-state index in [1.807, 2.05) is 12.1 Å². The highest BCUT2D eigenvalue weighted by atomic mass is 32.2. The molecule has 0 fully saturated rings. The molecule has 1 aromatic heterocycles. The predicted octanol–water partition coefficient (Wildman–Crippen LogP) is 2.13. The number of para-hydroxylation sites is 2. The highest BCUT2D eigenvalue weighted by Gasteiger charge is 2.24. The van der Waals surface area contributed by atoms with Gasteiger partial charge < -0.3 is 19.8 Å². The topological polar surface area (TPSA) is 118 Å². The molecule has 0 aliphatic carbocycles. The molecule has 1 unspecified atom stereocenters. The van der Waals surface area contributed by atoms with Gasteiger partial charge in [0.1, 0.15) is 12.7 Å². The molecule has 1 amide bonds. The number of pyridine rings is 1. The van der Waals surface area contributed by atoms with Crippen LogP contribution in [0.4, 0.5) is 0 Å². The molecule has 174 valence electrons. The van der Waals surface area contributed by atoms with Crippen LogP contribution in [0.15, 0.2) is 58.2 Å². The number of nitrogens with one attached hydrogen (secondary N) is 2. The van der Waals surface area contributed by atoms with Crippen molar-refractivity contribution in [2.75, 3.05) is 26.2 Å². The van der Waals surface area contributed by atoms with Gasteiger partial charge in [0, 0.05) is 30.1 Å². The number of rotatable bonds is 7. The molecule has 0 saturated carbocycles. The Morgan fingerprint density at radius 3 is 2.58 bits per heavy atom. The first kappa shape index (κ1) is 22.8. The van der Waals surface area contributed by atoms with Gasteiger partial charge in [-0.15, -0.1) is 0 Å². The number of carbonyl (C=O) groups is 1. The standard InChI is InChI=1S/C23H25N3O6S/c1-3-26(4-2)33(29,30)16-9-10-19-17(11-16)18(12-22(27)25-19)23(28)24-13-15-14-31-20-7-5-6-8-21(20)32-15/h5-12,15H,3-4,13-14H2,1-2H3,(H,24,28)(H,25,27). The van der Waals surface area contributed by atoms with E-state index < -0.39 is 27.6 Å². The molecule has 1 atom stereocenters. The van der Waals surface area contributed by atoms with Crippen LogP contribution in [-0.4, -0.2) is 56.0 Å². The first-order chi connectivity index (χ1) is 15.8. The number of aromatic nitrogens is 1. The minimum absolute atomic E-state index is 0.0559. The van der Waals surface area contributed by atoms with Crippen LogP contribution in [0, 0.1) is 0 Å². The Labute approximate surface area is 191 Å². The van der Waals surface area contributed by atoms with Gasteiger partial charge in [0.2, 0.25) is 15.6 Å². The summed E-state index contributed by atoms with van der Waals surface area (Å²) < 4.78 is 38.7. The van der Waals surface area contributed by atoms with Crippen LogP contribution in [-0.2, 0) is 10.0 Å². The van der Waals surface area contributed by atoms with E-state index in [2.05, 4.69) is 10.3 Å². The lowest BCUT2D eigenvalue weighted by Crippen LogP contribution is -2.41. The van der Waals surface area contributed by atoms with Gasteiger partial charge in [0.25, 0.3) is 5.91 Å². The molecule has 1 aliphatic heterocycles. The van der Waals surface area contributed by atoms with Gasteiger partial charge in [-0.1, -0.05) is 26.0 Å². The Kier molecular flexibility index (Phi) is 6.39. The number of benzene rings is 2. The molecule has 10 heteroatoms. The fourth-order valence-electron chi connectivity index (χ4n) is 3.76. The average Bonchev–Trinajstić information content (AvgIpc) is 2.82. The quantitative estimate of drug-likeness (QED) is 0.545. The van der Waals surface area contributed by atoms with Crippen molar-refractivity contribution in [3.8, 4) is 11.5 Å². The second-order valence-corrected chi connectivity index (χ2v) is 9.49. The Bertz CT molecular complexity index is 1350. The first-order valence-electron chi connectivity index (χ1n) is 10.7. The number of aromatic amines is 1. The summed E-state index contributed by atoms with van der Waals surface area (Å²) in [6.07, 6.45) is -0.407. The van der Waals surface area contributed by atoms with Gasteiger partial charge in [-0.3, -0.25) is 9.59 Å². The van der Waals surface area contributed by atoms with Crippen LogP contribution in [0.5, 0.6) is 11.5 Å². The molecule has 0 saturated heterocycles. The van der Waals surface area contributed by atoms with Crippen molar-refractivity contribution in [2.24, 2.45) is 0 Å². The van der Waals surface area contributed by atoms with Crippen LogP contribution < -0.4 is 20.3 Å². The van der Waals surface area contributed by atoms with Crippen molar-refractivity contribution < 1.29 is 22.7 Å². The maximum atomic E-state index is 13.0. The van der Waals surface area contributed by atoms with Crippen LogP contribution in [0.3, 0.4) is 0 Å². The highest BCUT2D eigenvalue weighted by Crippen LogP contribution is 2.30. The largest absolute Gasteiger partial charge is 0.486 e. The molecule has 33 heavy (non-hydrogen) atoms. The Balaban J connectivity index is 1.60. The molecule has 2 aromatic carbocycles. The van der Waals surface area contributed by atoms with Crippen molar-refractivity contribution in [2.45, 2.75) is 24.8 Å². The zero-order valence-electron chi connectivity index (χ0n) is 18.3. The molecular formula is C23H25N3O6S. The third-order valence-electron chi connectivity index (χ3n) is 5.46. The number of H-pyrrole nitrogens is 1. The smallest absolute Gasteiger partial charge is 0.252 e. The fraction of sp³-hybridized carbons (Fsp3) is 0.304. The number of ether oxygens (including phenoxy) is 2. The highest BCUT2D eigenvalue weighted by molar-refractivity contribution is 7.89. The van der Waals surface area contributed by atoms with Crippen molar-refractivity contribution in [3.05, 3.63) is 64.4 Å². The van der Waals surface area contributed by atoms with Gasteiger partial charge in [-0.25, -0.2) is 8.42 Å². The third kappa shape index (κ3) is 4.57. The Hall–Kier alpha value is -3.37. The fourth-order valence-corrected chi connectivity index (χ4v) is 5.24. The van der Waals surface area contributed by atoms with Gasteiger partial charge in [0.05, 0.1) is 17.0 Å². The van der Waals surface area contributed by atoms with E-state index in [0.717, 1.165) is 0 Å². The van der Waals surface area contributed by atoms with Gasteiger partial charge in [-0.05, 0) is 30.3 Å². The van der Waals surface area contributed by atoms with E-state index in [9.17, 15) is 18.0 Å². The SMILES string of the molecule is CCN(CC)S(=O)(=O)c1ccc2[nH]c(=O)cc(C(=O)NCC3COc4ccccc4O3)c2c1. The molecule has 0 spiro atoms. The maximum Gasteiger partial charge on any atom is 0.252 e. The number of sulfonamides is 1. The van der Waals surface area contributed by atoms with Crippen LogP contribution in [0.1, 0.15) is 24.2 Å². The lowest BCUT2D eigenvalue weighted by atomic mass is 10.1. The number of fused-ring (bicyclic) bond motifs is 2. The van der Waals surface area contributed by atoms with E-state index in [0.29, 0.717) is 35.5 Å². The van der Waals surface area contributed by atoms with Crippen molar-refractivity contribution >= 4 is 26.8 Å². The van der Waals surface area contributed by atoms with E-state index in [4.69, 9.17) is 9.47 Å². The summed E-state index contributed by atoms with van der Waals surface area (Å²) in [5.74, 6) is 0.726. The van der Waals surface area contributed by atoms with Crippen molar-refractivity contribution in [1.82, 2.24) is 14.6 Å². The van der Waals surface area contributed by atoms with E-state index in [1.54, 1.807) is 26.0 Å². The summed E-state index contributed by atoms with van der Waals surface area (Å²) in [5.41, 5.74) is -0.00187. The first-order valence-corrected chi connectivity index (χ1v) is 12.1. The van der Waals surface area contributed by atoms with Crippen LogP contribution in [0.25, 0.3) is 10.9 Å². The summed E-state index contributed by atoms with van der Waals surface area (Å²) >= 11 is 0. The molecule has 2 heterocycles. The van der Waals surface area contributed by atoms with E-state index in [1.165, 1.54) is 28.6 Å². The van der Waals surface area contributed by atoms with Crippen LogP contribution >= 0.6 is 0 Å². The number of amides is 1. The van der Waals surface area contributed by atoms with Gasteiger partial charge >= 0.3 is 0 Å². The molecule has 4 rings (SSSR count). The zero-order valence-corrected chi connectivity index (χ0v) is 19.1. The Morgan fingerprint density at radius 2 is 1.85 bits per heavy atom. The lowest BCUT2D eigenvalue weighted by Gasteiger charge is -2.26. The number of carbonyl (C=O) groups excluding carboxylic acids is 1. The minimum atomic E-state index is -3.73. The molecule has 0 bridgehead atoms. The summed E-state index contributed by atoms with van der Waals surface area (Å²) in [7, 11) is -3.73. The molecule has 0 radical (unpaired) electrons. The normalized spacial score (nSPS) is 15.5. The summed E-state index contributed by atoms with van der Waals surface area (Å²) in [6.45, 7) is 4.57. The summed E-state index contributed by atoms with van der Waals surface area (Å²) in [6, 6.07) is 12.8. The maximum absolute atomic E-state index is 13.0. The average molecular weight is 472 g/mol. The molecule has 1 aliphatic rings. The van der Waals surface area contributed by atoms with Crippen LogP contribution in [0.2, 0.25) is 0 Å². The van der Waals surface area contributed by atoms with Crippen molar-refractivity contribution in [3.63, 3.8) is 0 Å². The third-order valence-corrected chi connectivity index (χ3v) is 7.51. The molecule has 2 N–H and O–H groups in total. The molecule has 9 nitrogen and oxygen atoms in total. The number of nitrogens with zero attached hydrogens (tertiary/aromatic N) is 1. The second kappa shape index (κ2) is 9.24. The van der Waals surface area contributed by atoms with E-state index >= 15 is 0 Å². The lowest BCUT2D eigenvalue weighted by molar-refractivity contribution is 0.0790. The Morgan fingerprint density at radius 1 is 1.12 bits per heavy atom. The van der Waals surface area contributed by atoms with E-state index in [-0.39, 0.29) is 23.6 Å². The molecular weight excluding hydrogens is 446 g/mol. The van der Waals surface area contributed by atoms with Gasteiger partial charge in [0.15, 0.2) is 11.5 Å². The number of hydrogen-bond acceptors (Lipinski definition) is 6. The monoisotopic (exact) mass is 471 g/mol. The zero-order chi connectivity index (χ0) is 23.6. The molecule has 3 aromatic rings. The van der Waals surface area contributed by atoms with Crippen molar-refractivity contribution in [1.29, 1.82) is 0 Å². The summed E-state index contributed by atoms with van der Waals surface area (Å²) in [5, 5.41) is 3.10. The predicted molar refractivity (Wildman–Crippen MR) is 123 cm³/mol. The van der Waals surface area contributed by atoms with Gasteiger partial charge in [-0.2, -0.15) is 4.31 Å². The summed E-state index contributed by atoms with van der Waals surface area (Å²) in [4.78, 5) is 27.8. The minimum Gasteiger partial charge on any atom is -0.486 e. The number of hydrogen-bond donors (Lipinski definition) is 2. The second-order valence-electron chi connectivity index (χ2n) is 7.55.